The quantitative estimate of drug-likeness (QED) is 0.0204. The van der Waals surface area contributed by atoms with Crippen LogP contribution in [0.4, 0.5) is 0 Å². The number of aliphatic hydroxyl groups is 8. The molecule has 0 aliphatic carbocycles. The van der Waals surface area contributed by atoms with Gasteiger partial charge in [0.2, 0.25) is 5.91 Å². The lowest BCUT2D eigenvalue weighted by molar-refractivity contribution is -0.359. The molecule has 2 heterocycles. The van der Waals surface area contributed by atoms with Crippen molar-refractivity contribution >= 4 is 5.91 Å². The third kappa shape index (κ3) is 34.0. The Bertz CT molecular complexity index is 1580. The first kappa shape index (κ1) is 71.5. The van der Waals surface area contributed by atoms with Crippen molar-refractivity contribution < 1.29 is 64.6 Å². The van der Waals surface area contributed by atoms with E-state index < -0.39 is 86.8 Å². The fraction of sp³-hybridized carbons (Fsp3) is 0.797. The van der Waals surface area contributed by atoms with Crippen molar-refractivity contribution in [3.8, 4) is 0 Å². The van der Waals surface area contributed by atoms with Crippen molar-refractivity contribution in [3.05, 3.63) is 72.9 Å². The second-order valence-corrected chi connectivity index (χ2v) is 21.8. The van der Waals surface area contributed by atoms with Crippen LogP contribution in [0.5, 0.6) is 0 Å². The summed E-state index contributed by atoms with van der Waals surface area (Å²) >= 11 is 0. The summed E-state index contributed by atoms with van der Waals surface area (Å²) in [7, 11) is 0. The second-order valence-electron chi connectivity index (χ2n) is 21.8. The summed E-state index contributed by atoms with van der Waals surface area (Å²) in [4.78, 5) is 13.2. The Morgan fingerprint density at radius 1 is 0.474 bits per heavy atom. The van der Waals surface area contributed by atoms with E-state index in [1.807, 2.05) is 6.08 Å². The van der Waals surface area contributed by atoms with Gasteiger partial charge in [0.25, 0.3) is 0 Å². The largest absolute Gasteiger partial charge is 0.394 e. The number of carbonyl (C=O) groups is 1. The molecule has 14 heteroatoms. The van der Waals surface area contributed by atoms with Crippen molar-refractivity contribution in [2.45, 2.75) is 306 Å². The van der Waals surface area contributed by atoms with Gasteiger partial charge in [-0.3, -0.25) is 4.79 Å². The van der Waals surface area contributed by atoms with E-state index in [4.69, 9.17) is 18.9 Å². The molecule has 2 saturated heterocycles. The molecule has 452 valence electrons. The van der Waals surface area contributed by atoms with Gasteiger partial charge in [0.15, 0.2) is 12.6 Å². The Morgan fingerprint density at radius 2 is 0.885 bits per heavy atom. The molecule has 2 aliphatic heterocycles. The van der Waals surface area contributed by atoms with Crippen LogP contribution in [0.1, 0.15) is 232 Å². The minimum atomic E-state index is -1.79. The minimum absolute atomic E-state index is 0.243. The van der Waals surface area contributed by atoms with Gasteiger partial charge in [-0.15, -0.1) is 0 Å². The van der Waals surface area contributed by atoms with Crippen LogP contribution in [0.2, 0.25) is 0 Å². The first-order chi connectivity index (χ1) is 38.1. The van der Waals surface area contributed by atoms with Crippen LogP contribution in [0, 0.1) is 0 Å². The van der Waals surface area contributed by atoms with Crippen molar-refractivity contribution in [1.82, 2.24) is 5.32 Å². The first-order valence-electron chi connectivity index (χ1n) is 31.2. The molecule has 0 spiro atoms. The van der Waals surface area contributed by atoms with Gasteiger partial charge in [-0.05, 0) is 64.2 Å². The zero-order valence-corrected chi connectivity index (χ0v) is 48.6. The smallest absolute Gasteiger partial charge is 0.220 e. The Balaban J connectivity index is 1.53. The number of hydrogen-bond acceptors (Lipinski definition) is 13. The molecule has 12 atom stereocenters. The fourth-order valence-corrected chi connectivity index (χ4v) is 9.91. The van der Waals surface area contributed by atoms with E-state index in [-0.39, 0.29) is 18.9 Å². The number of carbonyl (C=O) groups excluding carboxylic acids is 1. The van der Waals surface area contributed by atoms with E-state index in [0.717, 1.165) is 83.5 Å². The van der Waals surface area contributed by atoms with Crippen LogP contribution in [0.25, 0.3) is 0 Å². The van der Waals surface area contributed by atoms with E-state index in [9.17, 15) is 45.6 Å². The van der Waals surface area contributed by atoms with E-state index in [1.165, 1.54) is 122 Å². The van der Waals surface area contributed by atoms with Crippen LogP contribution < -0.4 is 5.32 Å². The van der Waals surface area contributed by atoms with Crippen molar-refractivity contribution in [3.63, 3.8) is 0 Å². The number of hydrogen-bond donors (Lipinski definition) is 9. The van der Waals surface area contributed by atoms with Gasteiger partial charge in [0.05, 0.1) is 32.0 Å². The molecule has 2 rings (SSSR count). The van der Waals surface area contributed by atoms with Crippen molar-refractivity contribution in [1.29, 1.82) is 0 Å². The molecular weight excluding hydrogens is 991 g/mol. The highest BCUT2D eigenvalue weighted by Crippen LogP contribution is 2.30. The molecule has 0 radical (unpaired) electrons. The Labute approximate surface area is 472 Å². The predicted octanol–water partition coefficient (Wildman–Crippen LogP) is 11.1. The lowest BCUT2D eigenvalue weighted by atomic mass is 9.97. The molecular formula is C64H113NO13. The van der Waals surface area contributed by atoms with Crippen molar-refractivity contribution in [2.75, 3.05) is 19.8 Å². The number of ether oxygens (including phenoxy) is 4. The molecule has 14 nitrogen and oxygen atoms in total. The number of allylic oxidation sites excluding steroid dienone is 11. The molecule has 0 saturated carbocycles. The predicted molar refractivity (Wildman–Crippen MR) is 313 cm³/mol. The van der Waals surface area contributed by atoms with Crippen LogP contribution in [0.3, 0.4) is 0 Å². The normalized spacial score (nSPS) is 25.1. The molecule has 0 aromatic rings. The van der Waals surface area contributed by atoms with Crippen LogP contribution in [0.15, 0.2) is 72.9 Å². The third-order valence-corrected chi connectivity index (χ3v) is 14.9. The van der Waals surface area contributed by atoms with Gasteiger partial charge >= 0.3 is 0 Å². The van der Waals surface area contributed by atoms with Gasteiger partial charge in [-0.2, -0.15) is 0 Å². The SMILES string of the molecule is CC/C=C\C/C=C\C/C=C\C/C=C\C/C=C\CCCCCCCCCCCCCCCCCCCCCCCC(=O)NC(COC1OC(CO)C(OC2OC(CO)C(O)C(O)C2O)C(O)C1O)C(O)/C=C/CCCCCCC. The highest BCUT2D eigenvalue weighted by molar-refractivity contribution is 5.76. The van der Waals surface area contributed by atoms with Crippen molar-refractivity contribution in [2.24, 2.45) is 0 Å². The molecule has 0 bridgehead atoms. The molecule has 1 amide bonds. The van der Waals surface area contributed by atoms with E-state index in [2.05, 4.69) is 79.9 Å². The average Bonchev–Trinajstić information content (AvgIpc) is 3.47. The average molecular weight is 1100 g/mol. The lowest BCUT2D eigenvalue weighted by Gasteiger charge is -2.46. The van der Waals surface area contributed by atoms with Gasteiger partial charge < -0.3 is 65.1 Å². The third-order valence-electron chi connectivity index (χ3n) is 14.9. The molecule has 78 heavy (non-hydrogen) atoms. The minimum Gasteiger partial charge on any atom is -0.394 e. The summed E-state index contributed by atoms with van der Waals surface area (Å²) in [6.07, 6.45) is 48.7. The second kappa shape index (κ2) is 49.1. The topological polar surface area (TPSA) is 228 Å². The number of nitrogens with one attached hydrogen (secondary N) is 1. The zero-order chi connectivity index (χ0) is 56.7. The molecule has 12 unspecified atom stereocenters. The van der Waals surface area contributed by atoms with E-state index >= 15 is 0 Å². The Morgan fingerprint density at radius 3 is 1.36 bits per heavy atom. The summed E-state index contributed by atoms with van der Waals surface area (Å²) in [6.45, 7) is 2.61. The maximum absolute atomic E-state index is 13.2. The summed E-state index contributed by atoms with van der Waals surface area (Å²) in [5, 5.41) is 86.6. The molecule has 9 N–H and O–H groups in total. The molecule has 0 aromatic heterocycles. The fourth-order valence-electron chi connectivity index (χ4n) is 9.91. The van der Waals surface area contributed by atoms with Crippen LogP contribution >= 0.6 is 0 Å². The Kier molecular flexibility index (Phi) is 45.0. The summed E-state index contributed by atoms with van der Waals surface area (Å²) < 4.78 is 22.7. The van der Waals surface area contributed by atoms with Gasteiger partial charge in [0, 0.05) is 6.42 Å². The number of aliphatic hydroxyl groups excluding tert-OH is 8. The van der Waals surface area contributed by atoms with Crippen LogP contribution in [-0.4, -0.2) is 140 Å². The monoisotopic (exact) mass is 1100 g/mol. The van der Waals surface area contributed by atoms with Gasteiger partial charge in [-0.25, -0.2) is 0 Å². The first-order valence-corrected chi connectivity index (χ1v) is 31.2. The van der Waals surface area contributed by atoms with Crippen LogP contribution in [-0.2, 0) is 23.7 Å². The highest BCUT2D eigenvalue weighted by atomic mass is 16.7. The highest BCUT2D eigenvalue weighted by Gasteiger charge is 2.51. The van der Waals surface area contributed by atoms with Gasteiger partial charge in [-0.1, -0.05) is 234 Å². The lowest BCUT2D eigenvalue weighted by Crippen LogP contribution is -2.65. The zero-order valence-electron chi connectivity index (χ0n) is 48.6. The summed E-state index contributed by atoms with van der Waals surface area (Å²) in [6, 6.07) is -0.912. The number of amides is 1. The molecule has 2 fully saturated rings. The number of rotatable bonds is 49. The maximum Gasteiger partial charge on any atom is 0.220 e. The Hall–Kier alpha value is -2.57. The van der Waals surface area contributed by atoms with Gasteiger partial charge in [0.1, 0.15) is 48.8 Å². The van der Waals surface area contributed by atoms with E-state index in [1.54, 1.807) is 6.08 Å². The standard InChI is InChI=1S/C64H113NO13/c1-3-5-7-9-11-12-13-14-15-16-17-18-19-20-21-22-23-24-25-26-27-28-29-30-31-32-33-34-35-36-37-38-39-40-42-44-46-48-56(69)65-52(53(68)47-45-43-41-10-8-6-4-2)51-75-63-61(74)59(72)62(55(50-67)77-63)78-64-60(73)58(71)57(70)54(49-66)76-64/h5,7,11-12,14-15,17-18,20-21,45,47,52-55,57-64,66-68,70-74H,3-4,6,8-10,13,16,19,22-44,46,48-51H2,1-2H3,(H,65,69)/b7-5-,12-11-,15-14-,18-17-,21-20-,47-45+. The summed E-state index contributed by atoms with van der Waals surface area (Å²) in [5.74, 6) is -0.243. The number of unbranched alkanes of at least 4 members (excludes halogenated alkanes) is 26. The van der Waals surface area contributed by atoms with E-state index in [0.29, 0.717) is 6.42 Å². The molecule has 2 aliphatic rings. The summed E-state index contributed by atoms with van der Waals surface area (Å²) in [5.41, 5.74) is 0. The molecule has 0 aromatic carbocycles. The maximum atomic E-state index is 13.2.